The van der Waals surface area contributed by atoms with Gasteiger partial charge in [0.05, 0.1) is 23.6 Å². The summed E-state index contributed by atoms with van der Waals surface area (Å²) in [5, 5.41) is 15.6. The van der Waals surface area contributed by atoms with E-state index in [0.29, 0.717) is 18.6 Å². The molecule has 0 spiro atoms. The van der Waals surface area contributed by atoms with Crippen molar-refractivity contribution in [3.8, 4) is 0 Å². The molecule has 1 amide bonds. The van der Waals surface area contributed by atoms with E-state index in [1.165, 1.54) is 0 Å². The lowest BCUT2D eigenvalue weighted by atomic mass is 10.0. The Hall–Kier alpha value is -1.85. The van der Waals surface area contributed by atoms with E-state index >= 15 is 0 Å². The molecule has 1 fully saturated rings. The molecule has 19 heavy (non-hydrogen) atoms. The van der Waals surface area contributed by atoms with Gasteiger partial charge in [0, 0.05) is 5.56 Å². The fourth-order valence-electron chi connectivity index (χ4n) is 2.40. The van der Waals surface area contributed by atoms with E-state index in [9.17, 15) is 9.59 Å². The Bertz CT molecular complexity index is 489. The minimum absolute atomic E-state index is 0.172. The molecule has 1 saturated carbocycles. The van der Waals surface area contributed by atoms with Gasteiger partial charge in [-0.3, -0.25) is 9.59 Å². The lowest BCUT2D eigenvalue weighted by Gasteiger charge is -2.16. The van der Waals surface area contributed by atoms with Crippen LogP contribution in [0.3, 0.4) is 0 Å². The Kier molecular flexibility index (Phi) is 3.59. The van der Waals surface area contributed by atoms with Crippen molar-refractivity contribution in [1.82, 2.24) is 10.5 Å². The smallest absolute Gasteiger partial charge is 0.307 e. The fourth-order valence-corrected chi connectivity index (χ4v) is 2.40. The van der Waals surface area contributed by atoms with Crippen LogP contribution in [0.5, 0.6) is 0 Å². The Balaban J connectivity index is 2.05. The Morgan fingerprint density at radius 2 is 2.16 bits per heavy atom. The first kappa shape index (κ1) is 13.6. The Labute approximate surface area is 111 Å². The molecule has 6 nitrogen and oxygen atoms in total. The molecule has 3 atom stereocenters. The lowest BCUT2D eigenvalue weighted by molar-refractivity contribution is -0.140. The number of carboxylic acid groups (broad SMARTS) is 1. The number of nitrogens with one attached hydrogen (secondary N) is 1. The quantitative estimate of drug-likeness (QED) is 0.844. The summed E-state index contributed by atoms with van der Waals surface area (Å²) < 4.78 is 5.10. The third-order valence-corrected chi connectivity index (χ3v) is 3.61. The highest BCUT2D eigenvalue weighted by Crippen LogP contribution is 2.39. The van der Waals surface area contributed by atoms with E-state index in [0.717, 1.165) is 11.3 Å². The maximum Gasteiger partial charge on any atom is 0.307 e. The third kappa shape index (κ3) is 2.62. The lowest BCUT2D eigenvalue weighted by Crippen LogP contribution is -2.31. The van der Waals surface area contributed by atoms with Gasteiger partial charge in [-0.2, -0.15) is 0 Å². The summed E-state index contributed by atoms with van der Waals surface area (Å²) in [6, 6.07) is -0.172. The Morgan fingerprint density at radius 3 is 2.58 bits per heavy atom. The number of aryl methyl sites for hydroxylation is 2. The van der Waals surface area contributed by atoms with E-state index in [2.05, 4.69) is 10.5 Å². The zero-order valence-electron chi connectivity index (χ0n) is 11.3. The number of nitrogens with zero attached hydrogens (tertiary/aromatic N) is 1. The second kappa shape index (κ2) is 5.03. The molecule has 2 rings (SSSR count). The molecular weight excluding hydrogens is 248 g/mol. The van der Waals surface area contributed by atoms with E-state index in [1.807, 2.05) is 13.8 Å². The average molecular weight is 266 g/mol. The maximum atomic E-state index is 12.0. The first-order valence-corrected chi connectivity index (χ1v) is 6.41. The van der Waals surface area contributed by atoms with Gasteiger partial charge in [0.2, 0.25) is 5.91 Å². The second-order valence-corrected chi connectivity index (χ2v) is 4.99. The highest BCUT2D eigenvalue weighted by molar-refractivity contribution is 5.89. The van der Waals surface area contributed by atoms with Gasteiger partial charge in [0.25, 0.3) is 0 Å². The predicted molar refractivity (Wildman–Crippen MR) is 66.4 cm³/mol. The van der Waals surface area contributed by atoms with Crippen molar-refractivity contribution in [2.75, 3.05) is 0 Å². The molecule has 1 heterocycles. The zero-order chi connectivity index (χ0) is 14.2. The first-order chi connectivity index (χ1) is 8.95. The fraction of sp³-hybridized carbons (Fsp3) is 0.615. The van der Waals surface area contributed by atoms with Gasteiger partial charge in [-0.1, -0.05) is 12.1 Å². The Morgan fingerprint density at radius 1 is 1.47 bits per heavy atom. The summed E-state index contributed by atoms with van der Waals surface area (Å²) in [4.78, 5) is 22.7. The molecule has 1 aliphatic rings. The van der Waals surface area contributed by atoms with Gasteiger partial charge in [0.1, 0.15) is 5.76 Å². The number of hydrogen-bond acceptors (Lipinski definition) is 4. The van der Waals surface area contributed by atoms with Gasteiger partial charge in [-0.05, 0) is 26.7 Å². The van der Waals surface area contributed by atoms with Crippen molar-refractivity contribution in [1.29, 1.82) is 0 Å². The molecule has 2 N–H and O–H groups in total. The summed E-state index contributed by atoms with van der Waals surface area (Å²) in [5.74, 6) is -1.32. The highest BCUT2D eigenvalue weighted by atomic mass is 16.5. The molecular formula is C13H18N2O4. The highest BCUT2D eigenvalue weighted by Gasteiger charge is 2.48. The molecule has 0 radical (unpaired) electrons. The van der Waals surface area contributed by atoms with Crippen LogP contribution in [0, 0.1) is 25.7 Å². The standard InChI is InChI=1S/C13H18N2O4/c1-4-10(11-6(2)15-19-7(11)3)14-12(16)8-5-9(8)13(17)18/h8-10H,4-5H2,1-3H3,(H,14,16)(H,17,18). The number of rotatable bonds is 5. The molecule has 1 aromatic rings. The van der Waals surface area contributed by atoms with E-state index in [-0.39, 0.29) is 11.9 Å². The number of hydrogen-bond donors (Lipinski definition) is 2. The normalized spacial score (nSPS) is 22.9. The van der Waals surface area contributed by atoms with E-state index in [1.54, 1.807) is 6.92 Å². The zero-order valence-corrected chi connectivity index (χ0v) is 11.3. The average Bonchev–Trinajstić information content (AvgIpc) is 3.09. The summed E-state index contributed by atoms with van der Waals surface area (Å²) >= 11 is 0. The van der Waals surface area contributed by atoms with Crippen LogP contribution in [-0.4, -0.2) is 22.1 Å². The number of carboxylic acids is 1. The molecule has 1 aliphatic carbocycles. The van der Waals surface area contributed by atoms with Gasteiger partial charge >= 0.3 is 5.97 Å². The van der Waals surface area contributed by atoms with Gasteiger partial charge in [-0.15, -0.1) is 0 Å². The molecule has 0 saturated heterocycles. The van der Waals surface area contributed by atoms with Crippen molar-refractivity contribution >= 4 is 11.9 Å². The van der Waals surface area contributed by atoms with E-state index in [4.69, 9.17) is 9.63 Å². The van der Waals surface area contributed by atoms with E-state index < -0.39 is 17.8 Å². The third-order valence-electron chi connectivity index (χ3n) is 3.61. The molecule has 0 aromatic carbocycles. The van der Waals surface area contributed by atoms with Crippen LogP contribution in [0.2, 0.25) is 0 Å². The van der Waals surface area contributed by atoms with Crippen LogP contribution in [0.1, 0.15) is 42.8 Å². The molecule has 104 valence electrons. The summed E-state index contributed by atoms with van der Waals surface area (Å²) in [6.45, 7) is 5.59. The van der Waals surface area contributed by atoms with Crippen LogP contribution in [-0.2, 0) is 9.59 Å². The largest absolute Gasteiger partial charge is 0.481 e. The van der Waals surface area contributed by atoms with Crippen LogP contribution >= 0.6 is 0 Å². The van der Waals surface area contributed by atoms with Crippen molar-refractivity contribution in [2.45, 2.75) is 39.7 Å². The number of aromatic nitrogens is 1. The molecule has 6 heteroatoms. The molecule has 1 aromatic heterocycles. The van der Waals surface area contributed by atoms with Crippen molar-refractivity contribution < 1.29 is 19.2 Å². The predicted octanol–water partition coefficient (Wildman–Crippen LogP) is 1.58. The maximum absolute atomic E-state index is 12.0. The van der Waals surface area contributed by atoms with Crippen LogP contribution in [0.25, 0.3) is 0 Å². The van der Waals surface area contributed by atoms with Gasteiger partial charge in [0.15, 0.2) is 0 Å². The first-order valence-electron chi connectivity index (χ1n) is 6.41. The number of carbonyl (C=O) groups is 2. The van der Waals surface area contributed by atoms with Gasteiger partial charge < -0.3 is 14.9 Å². The monoisotopic (exact) mass is 266 g/mol. The van der Waals surface area contributed by atoms with Gasteiger partial charge in [-0.25, -0.2) is 0 Å². The topological polar surface area (TPSA) is 92.4 Å². The number of aliphatic carboxylic acids is 1. The molecule has 3 unspecified atom stereocenters. The minimum atomic E-state index is -0.898. The number of carbonyl (C=O) groups excluding carboxylic acids is 1. The van der Waals surface area contributed by atoms with Crippen LogP contribution in [0.15, 0.2) is 4.52 Å². The summed E-state index contributed by atoms with van der Waals surface area (Å²) in [5.41, 5.74) is 1.65. The van der Waals surface area contributed by atoms with Crippen LogP contribution in [0.4, 0.5) is 0 Å². The number of amides is 1. The van der Waals surface area contributed by atoms with Crippen LogP contribution < -0.4 is 5.32 Å². The van der Waals surface area contributed by atoms with Crippen molar-refractivity contribution in [3.05, 3.63) is 17.0 Å². The summed E-state index contributed by atoms with van der Waals surface area (Å²) in [7, 11) is 0. The van der Waals surface area contributed by atoms with Crippen molar-refractivity contribution in [3.63, 3.8) is 0 Å². The minimum Gasteiger partial charge on any atom is -0.481 e. The molecule has 0 aliphatic heterocycles. The SMILES string of the molecule is CCC(NC(=O)C1CC1C(=O)O)c1c(C)noc1C. The van der Waals surface area contributed by atoms with Crippen molar-refractivity contribution in [2.24, 2.45) is 11.8 Å². The molecule has 0 bridgehead atoms. The summed E-state index contributed by atoms with van der Waals surface area (Å²) in [6.07, 6.45) is 1.14. The second-order valence-electron chi connectivity index (χ2n) is 4.99.